The minimum Gasteiger partial charge on any atom is -0.462 e. The molecule has 2 nitrogen and oxygen atoms in total. The maximum absolute atomic E-state index is 11.8. The van der Waals surface area contributed by atoms with E-state index in [1.165, 1.54) is 25.7 Å². The Morgan fingerprint density at radius 3 is 2.89 bits per heavy atom. The topological polar surface area (TPSA) is 26.3 Å². The molecule has 2 aliphatic rings. The monoisotopic (exact) mass is 242 g/mol. The summed E-state index contributed by atoms with van der Waals surface area (Å²) in [5, 5.41) is 0. The second kappa shape index (κ2) is 4.60. The molecule has 0 amide bonds. The molecule has 0 aromatic heterocycles. The summed E-state index contributed by atoms with van der Waals surface area (Å²) in [6.45, 7) is 0.568. The molecule has 18 heavy (non-hydrogen) atoms. The molecule has 0 radical (unpaired) electrons. The molecule has 3 rings (SSSR count). The molecule has 0 bridgehead atoms. The molecule has 0 unspecified atom stereocenters. The Morgan fingerprint density at radius 1 is 1.33 bits per heavy atom. The van der Waals surface area contributed by atoms with Gasteiger partial charge in [-0.1, -0.05) is 30.4 Å². The Morgan fingerprint density at radius 2 is 2.17 bits per heavy atom. The summed E-state index contributed by atoms with van der Waals surface area (Å²) in [4.78, 5) is 11.8. The standard InChI is InChI=1S/C16H18O2/c17-15(13-7-3-1-4-8-13)18-12-14-11-16(14)9-5-2-6-10-16/h1,3-5,7-9,14H,2,6,10-12H2/t14-,16-/m0/s1. The Bertz CT molecular complexity index is 463. The number of carbonyl (C=O) groups is 1. The summed E-state index contributed by atoms with van der Waals surface area (Å²) in [5.41, 5.74) is 1.02. The van der Waals surface area contributed by atoms with E-state index >= 15 is 0 Å². The lowest BCUT2D eigenvalue weighted by molar-refractivity contribution is 0.0472. The van der Waals surface area contributed by atoms with Gasteiger partial charge in [0.25, 0.3) is 0 Å². The number of ether oxygens (including phenoxy) is 1. The van der Waals surface area contributed by atoms with Crippen molar-refractivity contribution in [2.45, 2.75) is 25.7 Å². The van der Waals surface area contributed by atoms with Crippen LogP contribution in [0.15, 0.2) is 42.5 Å². The molecular weight excluding hydrogens is 224 g/mol. The van der Waals surface area contributed by atoms with Crippen molar-refractivity contribution in [2.24, 2.45) is 11.3 Å². The fourth-order valence-electron chi connectivity index (χ4n) is 2.92. The molecule has 0 heterocycles. The third-order valence-electron chi connectivity index (χ3n) is 4.17. The SMILES string of the molecule is O=C(OC[C@@H]1C[C@@]12C=CCCC2)c1ccccc1. The van der Waals surface area contributed by atoms with Gasteiger partial charge in [-0.25, -0.2) is 4.79 Å². The number of hydrogen-bond donors (Lipinski definition) is 0. The Kier molecular flexibility index (Phi) is 2.94. The van der Waals surface area contributed by atoms with Gasteiger partial charge in [-0.15, -0.1) is 0 Å². The van der Waals surface area contributed by atoms with Crippen LogP contribution in [-0.4, -0.2) is 12.6 Å². The Balaban J connectivity index is 1.53. The van der Waals surface area contributed by atoms with Crippen LogP contribution in [0.1, 0.15) is 36.0 Å². The molecule has 1 spiro atoms. The summed E-state index contributed by atoms with van der Waals surface area (Å²) in [6, 6.07) is 9.22. The van der Waals surface area contributed by atoms with Gasteiger partial charge in [0.1, 0.15) is 0 Å². The molecule has 2 atom stereocenters. The van der Waals surface area contributed by atoms with E-state index in [-0.39, 0.29) is 5.97 Å². The number of carbonyl (C=O) groups excluding carboxylic acids is 1. The van der Waals surface area contributed by atoms with Crippen molar-refractivity contribution in [1.29, 1.82) is 0 Å². The lowest BCUT2D eigenvalue weighted by atomic mass is 9.91. The van der Waals surface area contributed by atoms with Crippen LogP contribution < -0.4 is 0 Å². The number of hydrogen-bond acceptors (Lipinski definition) is 2. The van der Waals surface area contributed by atoms with Crippen molar-refractivity contribution in [1.82, 2.24) is 0 Å². The second-order valence-electron chi connectivity index (χ2n) is 5.39. The fourth-order valence-corrected chi connectivity index (χ4v) is 2.92. The number of allylic oxidation sites excluding steroid dienone is 2. The van der Waals surface area contributed by atoms with Gasteiger partial charge in [-0.05, 0) is 43.2 Å². The van der Waals surface area contributed by atoms with Crippen LogP contribution >= 0.6 is 0 Å². The van der Waals surface area contributed by atoms with Gasteiger partial charge in [-0.3, -0.25) is 0 Å². The maximum atomic E-state index is 11.8. The highest BCUT2D eigenvalue weighted by atomic mass is 16.5. The van der Waals surface area contributed by atoms with Crippen LogP contribution in [0.4, 0.5) is 0 Å². The molecule has 1 fully saturated rings. The van der Waals surface area contributed by atoms with Crippen LogP contribution in [0.5, 0.6) is 0 Å². The normalized spacial score (nSPS) is 29.2. The van der Waals surface area contributed by atoms with E-state index < -0.39 is 0 Å². The molecule has 2 heteroatoms. The average Bonchev–Trinajstić information content (AvgIpc) is 3.10. The molecule has 1 saturated carbocycles. The molecule has 0 saturated heterocycles. The van der Waals surface area contributed by atoms with E-state index in [0.717, 1.165) is 0 Å². The maximum Gasteiger partial charge on any atom is 0.338 e. The van der Waals surface area contributed by atoms with Crippen molar-refractivity contribution >= 4 is 5.97 Å². The first-order valence-corrected chi connectivity index (χ1v) is 6.70. The molecule has 1 aromatic rings. The molecule has 0 aliphatic heterocycles. The van der Waals surface area contributed by atoms with Crippen LogP contribution in [0, 0.1) is 11.3 Å². The first kappa shape index (κ1) is 11.5. The van der Waals surface area contributed by atoms with Gasteiger partial charge in [0, 0.05) is 5.92 Å². The van der Waals surface area contributed by atoms with Gasteiger partial charge < -0.3 is 4.74 Å². The van der Waals surface area contributed by atoms with Crippen molar-refractivity contribution in [3.05, 3.63) is 48.0 Å². The summed E-state index contributed by atoms with van der Waals surface area (Å²) in [5.74, 6) is 0.346. The smallest absolute Gasteiger partial charge is 0.338 e. The molecule has 1 aromatic carbocycles. The highest BCUT2D eigenvalue weighted by Gasteiger charge is 2.52. The van der Waals surface area contributed by atoms with Gasteiger partial charge in [0.05, 0.1) is 12.2 Å². The Hall–Kier alpha value is -1.57. The highest BCUT2D eigenvalue weighted by Crippen LogP contribution is 2.58. The zero-order valence-electron chi connectivity index (χ0n) is 10.5. The van der Waals surface area contributed by atoms with Crippen LogP contribution in [0.2, 0.25) is 0 Å². The number of esters is 1. The van der Waals surface area contributed by atoms with Crippen LogP contribution in [-0.2, 0) is 4.74 Å². The van der Waals surface area contributed by atoms with Gasteiger partial charge in [0.2, 0.25) is 0 Å². The predicted octanol–water partition coefficient (Wildman–Crippen LogP) is 3.59. The highest BCUT2D eigenvalue weighted by molar-refractivity contribution is 5.89. The second-order valence-corrected chi connectivity index (χ2v) is 5.39. The summed E-state index contributed by atoms with van der Waals surface area (Å²) in [7, 11) is 0. The predicted molar refractivity (Wildman–Crippen MR) is 70.3 cm³/mol. The van der Waals surface area contributed by atoms with E-state index in [0.29, 0.717) is 23.5 Å². The minimum atomic E-state index is -0.197. The molecule has 94 valence electrons. The van der Waals surface area contributed by atoms with E-state index in [4.69, 9.17) is 4.74 Å². The van der Waals surface area contributed by atoms with Crippen LogP contribution in [0.25, 0.3) is 0 Å². The molecular formula is C16H18O2. The quantitative estimate of drug-likeness (QED) is 0.598. The molecule has 2 aliphatic carbocycles. The zero-order chi connectivity index (χ0) is 12.4. The van der Waals surface area contributed by atoms with Gasteiger partial charge >= 0.3 is 5.97 Å². The number of rotatable bonds is 3. The minimum absolute atomic E-state index is 0.197. The summed E-state index contributed by atoms with van der Waals surface area (Å²) in [6.07, 6.45) is 9.56. The first-order chi connectivity index (χ1) is 8.80. The third-order valence-corrected chi connectivity index (χ3v) is 4.17. The lowest BCUT2D eigenvalue weighted by Gasteiger charge is -2.16. The van der Waals surface area contributed by atoms with Crippen molar-refractivity contribution in [2.75, 3.05) is 6.61 Å². The van der Waals surface area contributed by atoms with Crippen molar-refractivity contribution in [3.63, 3.8) is 0 Å². The first-order valence-electron chi connectivity index (χ1n) is 6.70. The summed E-state index contributed by atoms with van der Waals surface area (Å²) >= 11 is 0. The third kappa shape index (κ3) is 2.20. The molecule has 0 N–H and O–H groups in total. The summed E-state index contributed by atoms with van der Waals surface area (Å²) < 4.78 is 5.41. The van der Waals surface area contributed by atoms with E-state index in [1.807, 2.05) is 18.2 Å². The average molecular weight is 242 g/mol. The number of benzene rings is 1. The lowest BCUT2D eigenvalue weighted by Crippen LogP contribution is -2.12. The van der Waals surface area contributed by atoms with Gasteiger partial charge in [-0.2, -0.15) is 0 Å². The van der Waals surface area contributed by atoms with E-state index in [2.05, 4.69) is 12.2 Å². The largest absolute Gasteiger partial charge is 0.462 e. The van der Waals surface area contributed by atoms with Gasteiger partial charge in [0.15, 0.2) is 0 Å². The fraction of sp³-hybridized carbons (Fsp3) is 0.438. The van der Waals surface area contributed by atoms with E-state index in [9.17, 15) is 4.79 Å². The van der Waals surface area contributed by atoms with Crippen LogP contribution in [0.3, 0.4) is 0 Å². The Labute approximate surface area is 108 Å². The van der Waals surface area contributed by atoms with E-state index in [1.54, 1.807) is 12.1 Å². The van der Waals surface area contributed by atoms with Crippen molar-refractivity contribution in [3.8, 4) is 0 Å². The zero-order valence-corrected chi connectivity index (χ0v) is 10.5. The van der Waals surface area contributed by atoms with Crippen molar-refractivity contribution < 1.29 is 9.53 Å².